The minimum Gasteiger partial charge on any atom is -0.354 e. The summed E-state index contributed by atoms with van der Waals surface area (Å²) in [6, 6.07) is 0. The lowest BCUT2D eigenvalue weighted by Gasteiger charge is -2.15. The van der Waals surface area contributed by atoms with E-state index >= 15 is 0 Å². The van der Waals surface area contributed by atoms with Crippen molar-refractivity contribution >= 4 is 18.5 Å². The molecule has 4 heteroatoms. The van der Waals surface area contributed by atoms with Crippen molar-refractivity contribution in [3.63, 3.8) is 0 Å². The van der Waals surface area contributed by atoms with Crippen LogP contribution < -0.4 is 5.32 Å². The molecular formula is C9H20N2OS. The molecule has 0 radical (unpaired) electrons. The maximum absolute atomic E-state index is 11.4. The van der Waals surface area contributed by atoms with Gasteiger partial charge in [0, 0.05) is 13.1 Å². The molecule has 78 valence electrons. The normalized spacial score (nSPS) is 13.5. The number of nitrogens with one attached hydrogen (secondary N) is 1. The van der Waals surface area contributed by atoms with Crippen LogP contribution in [0.5, 0.6) is 0 Å². The van der Waals surface area contributed by atoms with Crippen molar-refractivity contribution < 1.29 is 4.79 Å². The lowest BCUT2D eigenvalue weighted by molar-refractivity contribution is -0.121. The zero-order valence-corrected chi connectivity index (χ0v) is 9.77. The SMILES string of the molecule is CC(C)C(S)C(=O)NCCN(C)C. The summed E-state index contributed by atoms with van der Waals surface area (Å²) in [6.45, 7) is 5.53. The summed E-state index contributed by atoms with van der Waals surface area (Å²) in [4.78, 5) is 13.4. The molecule has 0 bridgehead atoms. The molecule has 3 nitrogen and oxygen atoms in total. The van der Waals surface area contributed by atoms with E-state index in [-0.39, 0.29) is 17.1 Å². The molecule has 0 rings (SSSR count). The van der Waals surface area contributed by atoms with Crippen LogP contribution in [0.1, 0.15) is 13.8 Å². The molecule has 1 unspecified atom stereocenters. The van der Waals surface area contributed by atoms with Gasteiger partial charge in [0.1, 0.15) is 0 Å². The number of amides is 1. The zero-order chi connectivity index (χ0) is 10.4. The summed E-state index contributed by atoms with van der Waals surface area (Å²) in [7, 11) is 3.96. The van der Waals surface area contributed by atoms with Crippen LogP contribution in [0.15, 0.2) is 0 Å². The molecule has 1 N–H and O–H groups in total. The Morgan fingerprint density at radius 3 is 2.38 bits per heavy atom. The fourth-order valence-electron chi connectivity index (χ4n) is 0.810. The van der Waals surface area contributed by atoms with Gasteiger partial charge < -0.3 is 10.2 Å². The van der Waals surface area contributed by atoms with E-state index in [4.69, 9.17) is 0 Å². The summed E-state index contributed by atoms with van der Waals surface area (Å²) in [5, 5.41) is 2.65. The second kappa shape index (κ2) is 6.27. The molecule has 13 heavy (non-hydrogen) atoms. The number of carbonyl (C=O) groups excluding carboxylic acids is 1. The zero-order valence-electron chi connectivity index (χ0n) is 8.87. The maximum atomic E-state index is 11.4. The standard InChI is InChI=1S/C9H20N2OS/c1-7(2)8(13)9(12)10-5-6-11(3)4/h7-8,13H,5-6H2,1-4H3,(H,10,12). The van der Waals surface area contributed by atoms with Crippen molar-refractivity contribution in [3.05, 3.63) is 0 Å². The second-order valence-corrected chi connectivity index (χ2v) is 4.34. The van der Waals surface area contributed by atoms with Crippen molar-refractivity contribution in [1.82, 2.24) is 10.2 Å². The quantitative estimate of drug-likeness (QED) is 0.644. The molecule has 0 aromatic carbocycles. The van der Waals surface area contributed by atoms with E-state index in [2.05, 4.69) is 17.9 Å². The van der Waals surface area contributed by atoms with Gasteiger partial charge in [-0.15, -0.1) is 0 Å². The van der Waals surface area contributed by atoms with Crippen LogP contribution >= 0.6 is 12.6 Å². The molecule has 0 fully saturated rings. The molecule has 0 aliphatic carbocycles. The first-order valence-corrected chi connectivity index (χ1v) is 5.07. The number of nitrogens with zero attached hydrogens (tertiary/aromatic N) is 1. The van der Waals surface area contributed by atoms with Gasteiger partial charge in [-0.25, -0.2) is 0 Å². The van der Waals surface area contributed by atoms with Crippen LogP contribution in [0.3, 0.4) is 0 Å². The highest BCUT2D eigenvalue weighted by molar-refractivity contribution is 7.81. The van der Waals surface area contributed by atoms with Gasteiger partial charge in [-0.2, -0.15) is 12.6 Å². The van der Waals surface area contributed by atoms with E-state index in [0.717, 1.165) is 6.54 Å². The van der Waals surface area contributed by atoms with Gasteiger partial charge in [0.25, 0.3) is 0 Å². The molecule has 0 saturated heterocycles. The fourth-order valence-corrected chi connectivity index (χ4v) is 0.901. The molecule has 0 aromatic heterocycles. The molecule has 0 aliphatic heterocycles. The Bertz CT molecular complexity index is 160. The van der Waals surface area contributed by atoms with Crippen LogP contribution in [0.2, 0.25) is 0 Å². The summed E-state index contributed by atoms with van der Waals surface area (Å²) < 4.78 is 0. The van der Waals surface area contributed by atoms with Crippen LogP contribution in [-0.2, 0) is 4.79 Å². The van der Waals surface area contributed by atoms with Gasteiger partial charge in [0.05, 0.1) is 5.25 Å². The average molecular weight is 204 g/mol. The van der Waals surface area contributed by atoms with Gasteiger partial charge in [0.2, 0.25) is 5.91 Å². The Labute approximate surface area is 86.3 Å². The Kier molecular flexibility index (Phi) is 6.16. The Morgan fingerprint density at radius 1 is 1.46 bits per heavy atom. The van der Waals surface area contributed by atoms with E-state index in [1.54, 1.807) is 0 Å². The average Bonchev–Trinajstić information content (AvgIpc) is 2.02. The first-order chi connectivity index (χ1) is 5.95. The summed E-state index contributed by atoms with van der Waals surface area (Å²) in [6.07, 6.45) is 0. The Hall–Kier alpha value is -0.220. The number of thiol groups is 1. The number of carbonyl (C=O) groups is 1. The third-order valence-electron chi connectivity index (χ3n) is 1.76. The lowest BCUT2D eigenvalue weighted by Crippen LogP contribution is -2.38. The predicted molar refractivity (Wildman–Crippen MR) is 59.2 cm³/mol. The highest BCUT2D eigenvalue weighted by atomic mass is 32.1. The Balaban J connectivity index is 3.62. The van der Waals surface area contributed by atoms with Gasteiger partial charge in [0.15, 0.2) is 0 Å². The molecule has 0 saturated carbocycles. The van der Waals surface area contributed by atoms with Gasteiger partial charge in [-0.05, 0) is 20.0 Å². The maximum Gasteiger partial charge on any atom is 0.233 e. The summed E-state index contributed by atoms with van der Waals surface area (Å²) in [5.74, 6) is 0.308. The molecule has 0 aromatic rings. The lowest BCUT2D eigenvalue weighted by atomic mass is 10.1. The van der Waals surface area contributed by atoms with E-state index in [0.29, 0.717) is 6.54 Å². The minimum absolute atomic E-state index is 0.0279. The van der Waals surface area contributed by atoms with Crippen molar-refractivity contribution in [2.75, 3.05) is 27.2 Å². The molecule has 0 aliphatic rings. The number of rotatable bonds is 5. The van der Waals surface area contributed by atoms with E-state index in [1.807, 2.05) is 32.8 Å². The van der Waals surface area contributed by atoms with E-state index < -0.39 is 0 Å². The fraction of sp³-hybridized carbons (Fsp3) is 0.889. The first kappa shape index (κ1) is 12.8. The van der Waals surface area contributed by atoms with Crippen molar-refractivity contribution in [1.29, 1.82) is 0 Å². The number of hydrogen-bond donors (Lipinski definition) is 2. The molecular weight excluding hydrogens is 184 g/mol. The van der Waals surface area contributed by atoms with Crippen molar-refractivity contribution in [3.8, 4) is 0 Å². The van der Waals surface area contributed by atoms with Gasteiger partial charge in [-0.3, -0.25) is 4.79 Å². The van der Waals surface area contributed by atoms with Crippen LogP contribution in [0.25, 0.3) is 0 Å². The first-order valence-electron chi connectivity index (χ1n) is 4.55. The van der Waals surface area contributed by atoms with E-state index in [9.17, 15) is 4.79 Å². The van der Waals surface area contributed by atoms with Crippen molar-refractivity contribution in [2.45, 2.75) is 19.1 Å². The third-order valence-corrected chi connectivity index (χ3v) is 2.59. The summed E-state index contributed by atoms with van der Waals surface area (Å²) in [5.41, 5.74) is 0. The Morgan fingerprint density at radius 2 is 2.00 bits per heavy atom. The van der Waals surface area contributed by atoms with Crippen molar-refractivity contribution in [2.24, 2.45) is 5.92 Å². The molecule has 0 spiro atoms. The smallest absolute Gasteiger partial charge is 0.233 e. The topological polar surface area (TPSA) is 32.3 Å². The minimum atomic E-state index is -0.192. The monoisotopic (exact) mass is 204 g/mol. The second-order valence-electron chi connectivity index (χ2n) is 3.78. The molecule has 0 heterocycles. The van der Waals surface area contributed by atoms with Crippen LogP contribution in [0.4, 0.5) is 0 Å². The summed E-state index contributed by atoms with van der Waals surface area (Å²) >= 11 is 4.22. The number of likely N-dealkylation sites (N-methyl/N-ethyl adjacent to an activating group) is 1. The van der Waals surface area contributed by atoms with E-state index in [1.165, 1.54) is 0 Å². The molecule has 1 atom stereocenters. The third kappa shape index (κ3) is 5.93. The molecule has 1 amide bonds. The van der Waals surface area contributed by atoms with Crippen LogP contribution in [-0.4, -0.2) is 43.2 Å². The highest BCUT2D eigenvalue weighted by Crippen LogP contribution is 2.07. The highest BCUT2D eigenvalue weighted by Gasteiger charge is 2.16. The predicted octanol–water partition coefficient (Wildman–Crippen LogP) is 0.619. The van der Waals surface area contributed by atoms with Crippen LogP contribution in [0, 0.1) is 5.92 Å². The largest absolute Gasteiger partial charge is 0.354 e. The number of hydrogen-bond acceptors (Lipinski definition) is 3. The van der Waals surface area contributed by atoms with Gasteiger partial charge in [-0.1, -0.05) is 13.8 Å². The van der Waals surface area contributed by atoms with Gasteiger partial charge >= 0.3 is 0 Å².